The molecule has 0 aliphatic carbocycles. The Morgan fingerprint density at radius 3 is 2.25 bits per heavy atom. The summed E-state index contributed by atoms with van der Waals surface area (Å²) < 4.78 is 27.6. The number of halogens is 1. The first-order chi connectivity index (χ1) is 13.4. The lowest BCUT2D eigenvalue weighted by molar-refractivity contribution is 0.0697. The van der Waals surface area contributed by atoms with Crippen molar-refractivity contribution in [2.24, 2.45) is 0 Å². The average molecular weight is 418 g/mol. The summed E-state index contributed by atoms with van der Waals surface area (Å²) in [4.78, 5) is 19.2. The minimum absolute atomic E-state index is 0.0134. The number of sulfonamides is 1. The van der Waals surface area contributed by atoms with Gasteiger partial charge in [-0.25, -0.2) is 13.2 Å². The Bertz CT molecular complexity index is 1060. The highest BCUT2D eigenvalue weighted by Gasteiger charge is 2.25. The van der Waals surface area contributed by atoms with Crippen LogP contribution in [0, 0.1) is 0 Å². The molecule has 0 atom stereocenters. The second-order valence-corrected chi connectivity index (χ2v) is 8.30. The van der Waals surface area contributed by atoms with Gasteiger partial charge in [-0.2, -0.15) is 4.31 Å². The molecule has 0 spiro atoms. The highest BCUT2D eigenvalue weighted by Crippen LogP contribution is 2.22. The van der Waals surface area contributed by atoms with E-state index in [4.69, 9.17) is 16.7 Å². The summed E-state index contributed by atoms with van der Waals surface area (Å²) >= 11 is 5.87. The van der Waals surface area contributed by atoms with Crippen LogP contribution in [0.4, 0.5) is 0 Å². The number of hydrogen-bond acceptors (Lipinski definition) is 5. The Hall–Kier alpha value is -2.81. The van der Waals surface area contributed by atoms with Crippen molar-refractivity contribution in [2.45, 2.75) is 18.0 Å². The Kier molecular flexibility index (Phi) is 6.03. The molecule has 0 saturated carbocycles. The van der Waals surface area contributed by atoms with Crippen molar-refractivity contribution < 1.29 is 18.3 Å². The molecule has 0 amide bonds. The number of carboxylic acids is 1. The molecule has 1 N–H and O–H groups in total. The summed E-state index contributed by atoms with van der Waals surface area (Å²) in [7, 11) is -3.85. The molecule has 28 heavy (non-hydrogen) atoms. The minimum Gasteiger partial charge on any atom is -0.478 e. The maximum Gasteiger partial charge on any atom is 0.335 e. The Morgan fingerprint density at radius 2 is 1.68 bits per heavy atom. The Balaban J connectivity index is 1.94. The van der Waals surface area contributed by atoms with Gasteiger partial charge in [0.15, 0.2) is 0 Å². The molecule has 0 unspecified atom stereocenters. The van der Waals surface area contributed by atoms with Gasteiger partial charge >= 0.3 is 5.97 Å². The van der Waals surface area contributed by atoms with Crippen molar-refractivity contribution in [3.63, 3.8) is 0 Å². The van der Waals surface area contributed by atoms with Crippen LogP contribution in [-0.2, 0) is 23.1 Å². The standard InChI is InChI=1S/C19H16ClN3O4S/c20-16-5-7-18(8-6-16)28(26,27)23(13-17-11-21-9-10-22-17)12-14-1-3-15(4-2-14)19(24)25/h1-11H,12-13H2,(H,24,25). The summed E-state index contributed by atoms with van der Waals surface area (Å²) in [6, 6.07) is 12.0. The van der Waals surface area contributed by atoms with Crippen LogP contribution in [0.15, 0.2) is 72.0 Å². The maximum absolute atomic E-state index is 13.2. The summed E-state index contributed by atoms with van der Waals surface area (Å²) in [6.07, 6.45) is 4.49. The van der Waals surface area contributed by atoms with Gasteiger partial charge in [0, 0.05) is 30.2 Å². The van der Waals surface area contributed by atoms with E-state index in [1.54, 1.807) is 12.1 Å². The number of benzene rings is 2. The molecule has 9 heteroatoms. The molecular weight excluding hydrogens is 402 g/mol. The third-order valence-corrected chi connectivity index (χ3v) is 6.02. The summed E-state index contributed by atoms with van der Waals surface area (Å²) in [5.74, 6) is -1.04. The lowest BCUT2D eigenvalue weighted by atomic mass is 10.1. The fourth-order valence-corrected chi connectivity index (χ4v) is 4.06. The largest absolute Gasteiger partial charge is 0.478 e. The first-order valence-electron chi connectivity index (χ1n) is 8.19. The van der Waals surface area contributed by atoms with Gasteiger partial charge in [-0.15, -0.1) is 0 Å². The normalized spacial score (nSPS) is 11.5. The number of aromatic nitrogens is 2. The van der Waals surface area contributed by atoms with Crippen molar-refractivity contribution >= 4 is 27.6 Å². The molecule has 144 valence electrons. The van der Waals surface area contributed by atoms with Crippen molar-refractivity contribution in [2.75, 3.05) is 0 Å². The van der Waals surface area contributed by atoms with Crippen LogP contribution >= 0.6 is 11.6 Å². The SMILES string of the molecule is O=C(O)c1ccc(CN(Cc2cnccn2)S(=O)(=O)c2ccc(Cl)cc2)cc1. The van der Waals surface area contributed by atoms with Gasteiger partial charge < -0.3 is 5.11 Å². The Labute approximate surface area is 167 Å². The molecule has 7 nitrogen and oxygen atoms in total. The van der Waals surface area contributed by atoms with Crippen LogP contribution < -0.4 is 0 Å². The number of hydrogen-bond donors (Lipinski definition) is 1. The zero-order valence-electron chi connectivity index (χ0n) is 14.6. The number of carbonyl (C=O) groups is 1. The molecule has 1 heterocycles. The van der Waals surface area contributed by atoms with Crippen molar-refractivity contribution in [3.05, 3.63) is 89.0 Å². The zero-order chi connectivity index (χ0) is 20.1. The van der Waals surface area contributed by atoms with Crippen molar-refractivity contribution in [1.29, 1.82) is 0 Å². The third-order valence-electron chi connectivity index (χ3n) is 3.97. The number of nitrogens with zero attached hydrogens (tertiary/aromatic N) is 3. The molecule has 2 aromatic carbocycles. The minimum atomic E-state index is -3.85. The fraction of sp³-hybridized carbons (Fsp3) is 0.105. The van der Waals surface area contributed by atoms with Gasteiger partial charge in [-0.3, -0.25) is 9.97 Å². The van der Waals surface area contributed by atoms with Gasteiger partial charge in [-0.1, -0.05) is 23.7 Å². The number of rotatable bonds is 7. The van der Waals surface area contributed by atoms with Crippen molar-refractivity contribution in [1.82, 2.24) is 14.3 Å². The second-order valence-electron chi connectivity index (χ2n) is 5.93. The average Bonchev–Trinajstić information content (AvgIpc) is 2.69. The molecule has 0 aliphatic heterocycles. The van der Waals surface area contributed by atoms with E-state index in [-0.39, 0.29) is 23.5 Å². The lowest BCUT2D eigenvalue weighted by Gasteiger charge is -2.22. The van der Waals surface area contributed by atoms with Crippen LogP contribution in [0.5, 0.6) is 0 Å². The van der Waals surface area contributed by atoms with E-state index in [0.29, 0.717) is 16.3 Å². The molecule has 0 saturated heterocycles. The van der Waals surface area contributed by atoms with Crippen molar-refractivity contribution in [3.8, 4) is 0 Å². The summed E-state index contributed by atoms with van der Waals surface area (Å²) in [5.41, 5.74) is 1.26. The first kappa shape index (κ1) is 19.9. The van der Waals surface area contributed by atoms with Crippen LogP contribution in [0.2, 0.25) is 5.02 Å². The van der Waals surface area contributed by atoms with Gasteiger partial charge in [-0.05, 0) is 42.0 Å². The Morgan fingerprint density at radius 1 is 1.00 bits per heavy atom. The highest BCUT2D eigenvalue weighted by molar-refractivity contribution is 7.89. The van der Waals surface area contributed by atoms with Crippen LogP contribution in [0.1, 0.15) is 21.6 Å². The van der Waals surface area contributed by atoms with Gasteiger partial charge in [0.2, 0.25) is 10.0 Å². The van der Waals surface area contributed by atoms with E-state index in [9.17, 15) is 13.2 Å². The molecule has 3 aromatic rings. The van der Waals surface area contributed by atoms with E-state index in [1.165, 1.54) is 59.3 Å². The molecule has 0 aliphatic rings. The highest BCUT2D eigenvalue weighted by atomic mass is 35.5. The van der Waals surface area contributed by atoms with E-state index < -0.39 is 16.0 Å². The summed E-state index contributed by atoms with van der Waals surface area (Å²) in [5, 5.41) is 9.45. The zero-order valence-corrected chi connectivity index (χ0v) is 16.1. The molecule has 0 radical (unpaired) electrons. The quantitative estimate of drug-likeness (QED) is 0.633. The molecule has 0 bridgehead atoms. The topological polar surface area (TPSA) is 100 Å². The number of aromatic carboxylic acids is 1. The van der Waals surface area contributed by atoms with Gasteiger partial charge in [0.1, 0.15) is 0 Å². The van der Waals surface area contributed by atoms with Gasteiger partial charge in [0.25, 0.3) is 0 Å². The van der Waals surface area contributed by atoms with E-state index in [0.717, 1.165) is 0 Å². The second kappa shape index (κ2) is 8.47. The van der Waals surface area contributed by atoms with E-state index in [2.05, 4.69) is 9.97 Å². The van der Waals surface area contributed by atoms with Crippen LogP contribution in [0.25, 0.3) is 0 Å². The third kappa shape index (κ3) is 4.72. The summed E-state index contributed by atoms with van der Waals surface area (Å²) in [6.45, 7) is 0.0565. The van der Waals surface area contributed by atoms with E-state index >= 15 is 0 Å². The van der Waals surface area contributed by atoms with Crippen LogP contribution in [-0.4, -0.2) is 33.8 Å². The van der Waals surface area contributed by atoms with Crippen LogP contribution in [0.3, 0.4) is 0 Å². The predicted octanol–water partition coefficient (Wildman–Crippen LogP) is 3.22. The monoisotopic (exact) mass is 417 g/mol. The molecule has 1 aromatic heterocycles. The number of carboxylic acid groups (broad SMARTS) is 1. The smallest absolute Gasteiger partial charge is 0.335 e. The fourth-order valence-electron chi connectivity index (χ4n) is 2.53. The van der Waals surface area contributed by atoms with E-state index in [1.807, 2.05) is 0 Å². The molecule has 0 fully saturated rings. The first-order valence-corrected chi connectivity index (χ1v) is 10.0. The molecular formula is C19H16ClN3O4S. The maximum atomic E-state index is 13.2. The lowest BCUT2D eigenvalue weighted by Crippen LogP contribution is -2.30. The molecule has 3 rings (SSSR count). The predicted molar refractivity (Wildman–Crippen MR) is 103 cm³/mol. The van der Waals surface area contributed by atoms with Gasteiger partial charge in [0.05, 0.1) is 22.7 Å².